The molecule has 1 aliphatic rings. The van der Waals surface area contributed by atoms with Crippen LogP contribution >= 0.6 is 22.6 Å². The monoisotopic (exact) mass is 290 g/mol. The van der Waals surface area contributed by atoms with Crippen LogP contribution in [0.4, 0.5) is 0 Å². The third-order valence-electron chi connectivity index (χ3n) is 1.95. The molecule has 4 heteroatoms. The van der Waals surface area contributed by atoms with Crippen LogP contribution < -0.4 is 10.5 Å². The summed E-state index contributed by atoms with van der Waals surface area (Å²) in [6, 6.07) is 1.95. The van der Waals surface area contributed by atoms with Crippen molar-refractivity contribution in [2.24, 2.45) is 5.73 Å². The molecule has 1 aromatic rings. The van der Waals surface area contributed by atoms with Crippen molar-refractivity contribution in [2.45, 2.75) is 25.5 Å². The minimum absolute atomic E-state index is 0.420. The van der Waals surface area contributed by atoms with Crippen LogP contribution in [0.1, 0.15) is 18.4 Å². The topological polar surface area (TPSA) is 48.1 Å². The van der Waals surface area contributed by atoms with Gasteiger partial charge in [-0.25, -0.2) is 4.98 Å². The van der Waals surface area contributed by atoms with Gasteiger partial charge in [-0.15, -0.1) is 0 Å². The van der Waals surface area contributed by atoms with Gasteiger partial charge in [0.05, 0.1) is 6.10 Å². The van der Waals surface area contributed by atoms with E-state index >= 15 is 0 Å². The van der Waals surface area contributed by atoms with E-state index in [1.807, 2.05) is 6.07 Å². The van der Waals surface area contributed by atoms with Gasteiger partial charge in [-0.05, 0) is 35.4 Å². The van der Waals surface area contributed by atoms with Gasteiger partial charge in [-0.3, -0.25) is 0 Å². The molecule has 1 aromatic heterocycles. The van der Waals surface area contributed by atoms with Crippen molar-refractivity contribution in [3.05, 3.63) is 21.5 Å². The number of pyridine rings is 1. The number of hydrogen-bond acceptors (Lipinski definition) is 3. The molecule has 0 aromatic carbocycles. The quantitative estimate of drug-likeness (QED) is 0.680. The van der Waals surface area contributed by atoms with E-state index in [4.69, 9.17) is 10.5 Å². The van der Waals surface area contributed by atoms with Crippen LogP contribution in [0.15, 0.2) is 12.3 Å². The van der Waals surface area contributed by atoms with Gasteiger partial charge in [0, 0.05) is 24.4 Å². The van der Waals surface area contributed by atoms with Crippen LogP contribution in [-0.4, -0.2) is 11.1 Å². The maximum absolute atomic E-state index is 5.70. The summed E-state index contributed by atoms with van der Waals surface area (Å²) in [5, 5.41) is 0. The minimum Gasteiger partial charge on any atom is -0.490 e. The van der Waals surface area contributed by atoms with Gasteiger partial charge in [0.1, 0.15) is 9.45 Å². The zero-order valence-corrected chi connectivity index (χ0v) is 9.32. The first-order chi connectivity index (χ1) is 6.29. The Morgan fingerprint density at radius 1 is 1.62 bits per heavy atom. The zero-order valence-electron chi connectivity index (χ0n) is 7.16. The number of nitrogens with zero attached hydrogens (tertiary/aromatic N) is 1. The van der Waals surface area contributed by atoms with Crippen molar-refractivity contribution in [3.63, 3.8) is 0 Å². The van der Waals surface area contributed by atoms with Crippen molar-refractivity contribution in [2.75, 3.05) is 0 Å². The van der Waals surface area contributed by atoms with Gasteiger partial charge >= 0.3 is 0 Å². The number of aromatic nitrogens is 1. The second kappa shape index (κ2) is 3.79. The standard InChI is InChI=1S/C9H11IN2O/c10-9-3-8(13-7-1-2-7)6(4-11)5-12-9/h3,5,7H,1-2,4,11H2. The van der Waals surface area contributed by atoms with Gasteiger partial charge in [0.2, 0.25) is 0 Å². The smallest absolute Gasteiger partial charge is 0.128 e. The fourth-order valence-corrected chi connectivity index (χ4v) is 1.49. The molecule has 1 fully saturated rings. The molecular formula is C9H11IN2O. The van der Waals surface area contributed by atoms with Crippen LogP contribution in [-0.2, 0) is 6.54 Å². The lowest BCUT2D eigenvalue weighted by Crippen LogP contribution is -2.05. The number of ether oxygens (including phenoxy) is 1. The van der Waals surface area contributed by atoms with Gasteiger partial charge in [-0.2, -0.15) is 0 Å². The second-order valence-electron chi connectivity index (χ2n) is 3.14. The van der Waals surface area contributed by atoms with E-state index in [-0.39, 0.29) is 0 Å². The number of rotatable bonds is 3. The van der Waals surface area contributed by atoms with Crippen molar-refractivity contribution in [1.82, 2.24) is 4.98 Å². The Morgan fingerprint density at radius 2 is 2.38 bits per heavy atom. The molecule has 0 spiro atoms. The van der Waals surface area contributed by atoms with E-state index in [1.54, 1.807) is 6.20 Å². The Morgan fingerprint density at radius 3 is 3.00 bits per heavy atom. The highest BCUT2D eigenvalue weighted by Gasteiger charge is 2.24. The Hall–Kier alpha value is -0.360. The SMILES string of the molecule is NCc1cnc(I)cc1OC1CC1. The normalized spacial score (nSPS) is 15.8. The van der Waals surface area contributed by atoms with Crippen LogP contribution in [0.5, 0.6) is 5.75 Å². The van der Waals surface area contributed by atoms with Crippen LogP contribution in [0, 0.1) is 3.70 Å². The first kappa shape index (κ1) is 9.21. The number of hydrogen-bond donors (Lipinski definition) is 1. The lowest BCUT2D eigenvalue weighted by molar-refractivity contribution is 0.299. The molecule has 2 N–H and O–H groups in total. The Balaban J connectivity index is 2.22. The Bertz CT molecular complexity index is 312. The number of nitrogens with two attached hydrogens (primary N) is 1. The molecule has 0 radical (unpaired) electrons. The lowest BCUT2D eigenvalue weighted by Gasteiger charge is -2.08. The Labute approximate surface area is 90.8 Å². The molecule has 0 amide bonds. The molecule has 1 saturated carbocycles. The fourth-order valence-electron chi connectivity index (χ4n) is 1.07. The van der Waals surface area contributed by atoms with E-state index in [0.29, 0.717) is 12.6 Å². The highest BCUT2D eigenvalue weighted by atomic mass is 127. The maximum Gasteiger partial charge on any atom is 0.128 e. The largest absolute Gasteiger partial charge is 0.490 e. The summed E-state index contributed by atoms with van der Waals surface area (Å²) in [6.45, 7) is 0.492. The molecule has 1 aliphatic carbocycles. The van der Waals surface area contributed by atoms with E-state index in [1.165, 1.54) is 12.8 Å². The Kier molecular flexibility index (Phi) is 2.69. The van der Waals surface area contributed by atoms with Gasteiger partial charge in [0.25, 0.3) is 0 Å². The van der Waals surface area contributed by atoms with E-state index in [2.05, 4.69) is 27.6 Å². The molecule has 13 heavy (non-hydrogen) atoms. The second-order valence-corrected chi connectivity index (χ2v) is 4.24. The predicted octanol–water partition coefficient (Wildman–Crippen LogP) is 1.69. The van der Waals surface area contributed by atoms with E-state index < -0.39 is 0 Å². The van der Waals surface area contributed by atoms with Crippen LogP contribution in [0.25, 0.3) is 0 Å². The van der Waals surface area contributed by atoms with E-state index in [9.17, 15) is 0 Å². The highest BCUT2D eigenvalue weighted by Crippen LogP contribution is 2.29. The molecule has 0 saturated heterocycles. The van der Waals surface area contributed by atoms with Crippen molar-refractivity contribution < 1.29 is 4.74 Å². The fraction of sp³-hybridized carbons (Fsp3) is 0.444. The predicted molar refractivity (Wildman–Crippen MR) is 58.5 cm³/mol. The van der Waals surface area contributed by atoms with Crippen LogP contribution in [0.2, 0.25) is 0 Å². The summed E-state index contributed by atoms with van der Waals surface area (Å²) in [5.74, 6) is 0.907. The van der Waals surface area contributed by atoms with Crippen molar-refractivity contribution >= 4 is 22.6 Å². The van der Waals surface area contributed by atoms with Crippen LogP contribution in [0.3, 0.4) is 0 Å². The molecule has 2 rings (SSSR count). The van der Waals surface area contributed by atoms with Gasteiger partial charge < -0.3 is 10.5 Å². The summed E-state index contributed by atoms with van der Waals surface area (Å²) in [5.41, 5.74) is 6.57. The summed E-state index contributed by atoms with van der Waals surface area (Å²) >= 11 is 2.17. The summed E-state index contributed by atoms with van der Waals surface area (Å²) in [7, 11) is 0. The third kappa shape index (κ3) is 2.31. The first-order valence-corrected chi connectivity index (χ1v) is 5.38. The minimum atomic E-state index is 0.420. The average Bonchev–Trinajstić information content (AvgIpc) is 2.89. The third-order valence-corrected chi connectivity index (χ3v) is 2.54. The number of halogens is 1. The van der Waals surface area contributed by atoms with Gasteiger partial charge in [-0.1, -0.05) is 0 Å². The maximum atomic E-state index is 5.70. The van der Waals surface area contributed by atoms with Gasteiger partial charge in [0.15, 0.2) is 0 Å². The average molecular weight is 290 g/mol. The molecule has 0 unspecified atom stereocenters. The summed E-state index contributed by atoms with van der Waals surface area (Å²) in [4.78, 5) is 4.16. The summed E-state index contributed by atoms with van der Waals surface area (Å²) < 4.78 is 6.65. The molecule has 3 nitrogen and oxygen atoms in total. The molecule has 1 heterocycles. The van der Waals surface area contributed by atoms with Crippen molar-refractivity contribution in [3.8, 4) is 5.75 Å². The zero-order chi connectivity index (χ0) is 9.26. The van der Waals surface area contributed by atoms with E-state index in [0.717, 1.165) is 15.0 Å². The highest BCUT2D eigenvalue weighted by molar-refractivity contribution is 14.1. The first-order valence-electron chi connectivity index (χ1n) is 4.30. The molecule has 0 aliphatic heterocycles. The summed E-state index contributed by atoms with van der Waals surface area (Å²) in [6.07, 6.45) is 4.55. The van der Waals surface area contributed by atoms with Crippen molar-refractivity contribution in [1.29, 1.82) is 0 Å². The molecule has 0 atom stereocenters. The molecular weight excluding hydrogens is 279 g/mol. The molecule has 70 valence electrons. The molecule has 0 bridgehead atoms. The lowest BCUT2D eigenvalue weighted by atomic mass is 10.2.